The third kappa shape index (κ3) is 6.14. The van der Waals surface area contributed by atoms with Crippen LogP contribution >= 0.6 is 11.6 Å². The van der Waals surface area contributed by atoms with Crippen LogP contribution in [0, 0.1) is 17.0 Å². The van der Waals surface area contributed by atoms with Gasteiger partial charge in [0.2, 0.25) is 0 Å². The lowest BCUT2D eigenvalue weighted by Gasteiger charge is -2.24. The van der Waals surface area contributed by atoms with Gasteiger partial charge in [-0.15, -0.1) is 0 Å². The molecule has 3 rings (SSSR count). The van der Waals surface area contributed by atoms with Crippen molar-refractivity contribution in [2.75, 3.05) is 18.0 Å². The average molecular weight is 517 g/mol. The quantitative estimate of drug-likeness (QED) is 0.260. The van der Waals surface area contributed by atoms with Crippen LogP contribution in [0.2, 0.25) is 5.02 Å². The maximum absolute atomic E-state index is 13.5. The van der Waals surface area contributed by atoms with Gasteiger partial charge < -0.3 is 4.74 Å². The molecule has 182 valence electrons. The van der Waals surface area contributed by atoms with Crippen molar-refractivity contribution < 1.29 is 22.9 Å². The summed E-state index contributed by atoms with van der Waals surface area (Å²) in [5.41, 5.74) is 2.94. The molecule has 0 saturated heterocycles. The highest BCUT2D eigenvalue weighted by molar-refractivity contribution is 7.92. The lowest BCUT2D eigenvalue weighted by molar-refractivity contribution is -0.385. The molecular weight excluding hydrogens is 496 g/mol. The molecule has 0 unspecified atom stereocenters. The minimum absolute atomic E-state index is 0.152. The Morgan fingerprint density at radius 3 is 2.49 bits per heavy atom. The van der Waals surface area contributed by atoms with Gasteiger partial charge in [-0.1, -0.05) is 35.9 Å². The van der Waals surface area contributed by atoms with Crippen molar-refractivity contribution >= 4 is 45.1 Å². The number of carbonyl (C=O) groups excluding carboxylic acids is 1. The lowest BCUT2D eigenvalue weighted by atomic mass is 10.2. The van der Waals surface area contributed by atoms with E-state index in [9.17, 15) is 23.3 Å². The van der Waals surface area contributed by atoms with E-state index in [1.165, 1.54) is 56.6 Å². The van der Waals surface area contributed by atoms with E-state index in [2.05, 4.69) is 10.5 Å². The fourth-order valence-electron chi connectivity index (χ4n) is 3.06. The average Bonchev–Trinajstić information content (AvgIpc) is 2.83. The van der Waals surface area contributed by atoms with E-state index in [4.69, 9.17) is 16.3 Å². The Morgan fingerprint density at radius 2 is 1.86 bits per heavy atom. The summed E-state index contributed by atoms with van der Waals surface area (Å²) in [5, 5.41) is 15.6. The van der Waals surface area contributed by atoms with Gasteiger partial charge in [0.25, 0.3) is 21.6 Å². The smallest absolute Gasteiger partial charge is 0.273 e. The highest BCUT2D eigenvalue weighted by atomic mass is 35.5. The number of sulfonamides is 1. The number of nitrogens with one attached hydrogen (secondary N) is 1. The third-order valence-electron chi connectivity index (χ3n) is 4.91. The van der Waals surface area contributed by atoms with E-state index >= 15 is 0 Å². The van der Waals surface area contributed by atoms with Crippen molar-refractivity contribution in [1.29, 1.82) is 0 Å². The minimum atomic E-state index is -4.37. The molecule has 0 spiro atoms. The number of ether oxygens (including phenoxy) is 1. The van der Waals surface area contributed by atoms with Crippen molar-refractivity contribution in [2.45, 2.75) is 11.8 Å². The van der Waals surface area contributed by atoms with Gasteiger partial charge in [0.05, 0.1) is 28.8 Å². The van der Waals surface area contributed by atoms with Crippen LogP contribution in [-0.4, -0.2) is 39.1 Å². The van der Waals surface area contributed by atoms with E-state index in [0.717, 1.165) is 10.4 Å². The number of nitrogens with zero attached hydrogens (tertiary/aromatic N) is 3. The van der Waals surface area contributed by atoms with Gasteiger partial charge in [-0.2, -0.15) is 5.10 Å². The SMILES string of the molecule is COc1ccc(N(CC(=O)N/N=C\c2ccccc2Cl)S(=O)(=O)c2ccc(C)c([N+](=O)[O-])c2)cc1. The first-order valence-electron chi connectivity index (χ1n) is 10.1. The minimum Gasteiger partial charge on any atom is -0.497 e. The molecule has 0 fully saturated rings. The number of benzene rings is 3. The predicted octanol–water partition coefficient (Wildman–Crippen LogP) is 3.91. The van der Waals surface area contributed by atoms with Gasteiger partial charge in [0.15, 0.2) is 0 Å². The van der Waals surface area contributed by atoms with Gasteiger partial charge in [-0.25, -0.2) is 13.8 Å². The number of carbonyl (C=O) groups is 1. The fourth-order valence-corrected chi connectivity index (χ4v) is 4.68. The van der Waals surface area contributed by atoms with Gasteiger partial charge in [-0.3, -0.25) is 19.2 Å². The molecule has 1 N–H and O–H groups in total. The molecule has 0 aromatic heterocycles. The molecule has 0 aliphatic carbocycles. The highest BCUT2D eigenvalue weighted by Crippen LogP contribution is 2.29. The number of aryl methyl sites for hydroxylation is 1. The van der Waals surface area contributed by atoms with Crippen LogP contribution in [0.5, 0.6) is 5.75 Å². The zero-order valence-corrected chi connectivity index (χ0v) is 20.3. The zero-order chi connectivity index (χ0) is 25.6. The standard InChI is InChI=1S/C23H21ClN4O6S/c1-16-7-12-20(13-22(16)28(30)31)35(32,33)27(18-8-10-19(34-2)11-9-18)15-23(29)26-25-14-17-5-3-4-6-21(17)24/h3-14H,15H2,1-2H3,(H,26,29)/b25-14-. The Kier molecular flexibility index (Phi) is 8.05. The second-order valence-corrected chi connectivity index (χ2v) is 9.50. The first kappa shape index (κ1) is 25.7. The molecule has 0 aliphatic heterocycles. The highest BCUT2D eigenvalue weighted by Gasteiger charge is 2.29. The molecule has 3 aromatic rings. The van der Waals surface area contributed by atoms with Gasteiger partial charge >= 0.3 is 0 Å². The van der Waals surface area contributed by atoms with Crippen molar-refractivity contribution in [3.8, 4) is 5.75 Å². The number of methoxy groups -OCH3 is 1. The molecule has 12 heteroatoms. The Balaban J connectivity index is 1.93. The molecule has 0 atom stereocenters. The second-order valence-electron chi connectivity index (χ2n) is 7.23. The summed E-state index contributed by atoms with van der Waals surface area (Å²) < 4.78 is 32.9. The van der Waals surface area contributed by atoms with Crippen LogP contribution in [0.1, 0.15) is 11.1 Å². The number of amides is 1. The van der Waals surface area contributed by atoms with Crippen LogP contribution in [0.15, 0.2) is 76.7 Å². The lowest BCUT2D eigenvalue weighted by Crippen LogP contribution is -2.39. The summed E-state index contributed by atoms with van der Waals surface area (Å²) >= 11 is 6.05. The van der Waals surface area contributed by atoms with Gasteiger partial charge in [-0.05, 0) is 43.3 Å². The second kappa shape index (κ2) is 11.0. The fraction of sp³-hybridized carbons (Fsp3) is 0.130. The predicted molar refractivity (Wildman–Crippen MR) is 133 cm³/mol. The number of nitro benzene ring substituents is 1. The molecule has 0 radical (unpaired) electrons. The number of halogens is 1. The Labute approximate surface area is 207 Å². The molecule has 3 aromatic carbocycles. The van der Waals surface area contributed by atoms with Crippen molar-refractivity contribution in [3.05, 3.63) is 93.0 Å². The monoisotopic (exact) mass is 516 g/mol. The van der Waals surface area contributed by atoms with E-state index in [-0.39, 0.29) is 16.3 Å². The van der Waals surface area contributed by atoms with Gasteiger partial charge in [0.1, 0.15) is 12.3 Å². The van der Waals surface area contributed by atoms with Crippen LogP contribution < -0.4 is 14.5 Å². The Bertz CT molecular complexity index is 1380. The van der Waals surface area contributed by atoms with E-state index in [1.54, 1.807) is 24.3 Å². The first-order chi connectivity index (χ1) is 16.6. The first-order valence-corrected chi connectivity index (χ1v) is 11.9. The molecule has 0 saturated carbocycles. The third-order valence-corrected chi connectivity index (χ3v) is 7.03. The number of hydrogen-bond acceptors (Lipinski definition) is 7. The number of nitro groups is 1. The Hall–Kier alpha value is -3.96. The number of rotatable bonds is 9. The topological polar surface area (TPSA) is 131 Å². The summed E-state index contributed by atoms with van der Waals surface area (Å²) in [6.07, 6.45) is 1.33. The van der Waals surface area contributed by atoms with Crippen molar-refractivity contribution in [3.63, 3.8) is 0 Å². The molecule has 1 amide bonds. The molecule has 10 nitrogen and oxygen atoms in total. The van der Waals surface area contributed by atoms with E-state index in [0.29, 0.717) is 21.9 Å². The van der Waals surface area contributed by atoms with Crippen molar-refractivity contribution in [1.82, 2.24) is 5.43 Å². The maximum atomic E-state index is 13.5. The van der Waals surface area contributed by atoms with Crippen LogP contribution in [-0.2, 0) is 14.8 Å². The summed E-state index contributed by atoms with van der Waals surface area (Å²) in [5.74, 6) is -0.264. The summed E-state index contributed by atoms with van der Waals surface area (Å²) in [6.45, 7) is 0.858. The van der Waals surface area contributed by atoms with Crippen LogP contribution in [0.25, 0.3) is 0 Å². The molecular formula is C23H21ClN4O6S. The van der Waals surface area contributed by atoms with Gasteiger partial charge in [0, 0.05) is 22.2 Å². The van der Waals surface area contributed by atoms with Crippen LogP contribution in [0.3, 0.4) is 0 Å². The zero-order valence-electron chi connectivity index (χ0n) is 18.7. The largest absolute Gasteiger partial charge is 0.497 e. The molecule has 0 aliphatic rings. The van der Waals surface area contributed by atoms with E-state index < -0.39 is 27.4 Å². The summed E-state index contributed by atoms with van der Waals surface area (Å²) in [7, 11) is -2.91. The van der Waals surface area contributed by atoms with E-state index in [1.807, 2.05) is 0 Å². The molecule has 35 heavy (non-hydrogen) atoms. The molecule has 0 bridgehead atoms. The normalized spacial score (nSPS) is 11.3. The molecule has 0 heterocycles. The summed E-state index contributed by atoms with van der Waals surface area (Å²) in [6, 6.07) is 16.4. The number of anilines is 1. The Morgan fingerprint density at radius 1 is 1.17 bits per heavy atom. The van der Waals surface area contributed by atoms with Crippen molar-refractivity contribution in [2.24, 2.45) is 5.10 Å². The maximum Gasteiger partial charge on any atom is 0.273 e. The van der Waals surface area contributed by atoms with Crippen LogP contribution in [0.4, 0.5) is 11.4 Å². The summed E-state index contributed by atoms with van der Waals surface area (Å²) in [4.78, 5) is 23.0. The number of hydrazone groups is 1. The number of hydrogen-bond donors (Lipinski definition) is 1.